The Bertz CT molecular complexity index is 477. The van der Waals surface area contributed by atoms with Gasteiger partial charge in [-0.2, -0.15) is 13.2 Å². The van der Waals surface area contributed by atoms with Gasteiger partial charge in [0.25, 0.3) is 5.91 Å². The van der Waals surface area contributed by atoms with Crippen LogP contribution in [0.1, 0.15) is 35.7 Å². The number of alkyl halides is 3. The van der Waals surface area contributed by atoms with Gasteiger partial charge in [-0.3, -0.25) is 4.79 Å². The number of nitrogens with one attached hydrogen (secondary N) is 1. The van der Waals surface area contributed by atoms with Crippen molar-refractivity contribution in [2.45, 2.75) is 32.0 Å². The predicted molar refractivity (Wildman–Crippen MR) is 74.4 cm³/mol. The molecule has 1 aromatic carbocycles. The van der Waals surface area contributed by atoms with Crippen LogP contribution in [0.4, 0.5) is 13.2 Å². The van der Waals surface area contributed by atoms with Crippen molar-refractivity contribution in [3.8, 4) is 0 Å². The number of halogens is 4. The molecule has 1 aromatic rings. The summed E-state index contributed by atoms with van der Waals surface area (Å²) in [6, 6.07) is 3.16. The number of carbonyl (C=O) groups is 1. The SMILES string of the molecule is CCCC(CN)NC(=O)c1ccc(Br)c(C(F)(F)F)c1. The lowest BCUT2D eigenvalue weighted by atomic mass is 10.1. The first kappa shape index (κ1) is 17.0. The Balaban J connectivity index is 2.94. The van der Waals surface area contributed by atoms with Gasteiger partial charge in [0.05, 0.1) is 5.56 Å². The molecule has 1 amide bonds. The zero-order valence-electron chi connectivity index (χ0n) is 10.9. The fourth-order valence-corrected chi connectivity index (χ4v) is 2.22. The van der Waals surface area contributed by atoms with Gasteiger partial charge in [-0.15, -0.1) is 0 Å². The zero-order valence-corrected chi connectivity index (χ0v) is 12.5. The third kappa shape index (κ3) is 4.49. The molecule has 0 aliphatic carbocycles. The van der Waals surface area contributed by atoms with E-state index in [-0.39, 0.29) is 22.6 Å². The Kier molecular flexibility index (Phi) is 6.01. The molecule has 3 N–H and O–H groups in total. The van der Waals surface area contributed by atoms with Gasteiger partial charge < -0.3 is 11.1 Å². The van der Waals surface area contributed by atoms with E-state index in [2.05, 4.69) is 21.2 Å². The van der Waals surface area contributed by atoms with Crippen LogP contribution >= 0.6 is 15.9 Å². The molecular weight excluding hydrogens is 337 g/mol. The summed E-state index contributed by atoms with van der Waals surface area (Å²) in [6.45, 7) is 2.19. The van der Waals surface area contributed by atoms with Crippen molar-refractivity contribution in [1.82, 2.24) is 5.32 Å². The minimum atomic E-state index is -4.51. The van der Waals surface area contributed by atoms with E-state index in [1.165, 1.54) is 12.1 Å². The summed E-state index contributed by atoms with van der Waals surface area (Å²) >= 11 is 2.83. The predicted octanol–water partition coefficient (Wildman–Crippen LogP) is 3.33. The largest absolute Gasteiger partial charge is 0.417 e. The van der Waals surface area contributed by atoms with Gasteiger partial charge >= 0.3 is 6.18 Å². The highest BCUT2D eigenvalue weighted by Gasteiger charge is 2.33. The number of nitrogens with two attached hydrogens (primary N) is 1. The molecule has 0 heterocycles. The van der Waals surface area contributed by atoms with Crippen molar-refractivity contribution in [1.29, 1.82) is 0 Å². The van der Waals surface area contributed by atoms with Crippen LogP contribution in [-0.4, -0.2) is 18.5 Å². The summed E-state index contributed by atoms with van der Waals surface area (Å²) in [5.74, 6) is -0.549. The summed E-state index contributed by atoms with van der Waals surface area (Å²) in [6.07, 6.45) is -2.99. The van der Waals surface area contributed by atoms with Gasteiger partial charge in [-0.05, 0) is 24.6 Å². The zero-order chi connectivity index (χ0) is 15.3. The molecule has 0 fully saturated rings. The fourth-order valence-electron chi connectivity index (χ4n) is 1.75. The number of amides is 1. The van der Waals surface area contributed by atoms with E-state index in [0.29, 0.717) is 6.42 Å². The first-order valence-corrected chi connectivity index (χ1v) is 6.96. The van der Waals surface area contributed by atoms with E-state index in [0.717, 1.165) is 12.5 Å². The molecule has 1 atom stereocenters. The minimum Gasteiger partial charge on any atom is -0.348 e. The van der Waals surface area contributed by atoms with E-state index < -0.39 is 17.6 Å². The molecule has 0 spiro atoms. The molecule has 1 unspecified atom stereocenters. The summed E-state index contributed by atoms with van der Waals surface area (Å²) in [4.78, 5) is 11.9. The van der Waals surface area contributed by atoms with Gasteiger partial charge in [0.1, 0.15) is 0 Å². The number of rotatable bonds is 5. The van der Waals surface area contributed by atoms with Gasteiger partial charge in [0, 0.05) is 22.6 Å². The summed E-state index contributed by atoms with van der Waals surface area (Å²) < 4.78 is 38.2. The molecule has 1 rings (SSSR count). The maximum atomic E-state index is 12.8. The van der Waals surface area contributed by atoms with Crippen molar-refractivity contribution >= 4 is 21.8 Å². The molecule has 3 nitrogen and oxygen atoms in total. The lowest BCUT2D eigenvalue weighted by Crippen LogP contribution is -2.40. The standard InChI is InChI=1S/C13H16BrF3N2O/c1-2-3-9(7-18)19-12(20)8-4-5-11(14)10(6-8)13(15,16)17/h4-6,9H,2-3,7,18H2,1H3,(H,19,20). The molecule has 0 aliphatic rings. The van der Waals surface area contributed by atoms with Crippen molar-refractivity contribution < 1.29 is 18.0 Å². The van der Waals surface area contributed by atoms with Gasteiger partial charge in [-0.1, -0.05) is 29.3 Å². The topological polar surface area (TPSA) is 55.1 Å². The molecule has 20 heavy (non-hydrogen) atoms. The van der Waals surface area contributed by atoms with Crippen LogP contribution in [0.3, 0.4) is 0 Å². The van der Waals surface area contributed by atoms with E-state index in [9.17, 15) is 18.0 Å². The highest BCUT2D eigenvalue weighted by Crippen LogP contribution is 2.35. The normalized spacial score (nSPS) is 13.1. The fraction of sp³-hybridized carbons (Fsp3) is 0.462. The maximum absolute atomic E-state index is 12.8. The molecule has 0 bridgehead atoms. The van der Waals surface area contributed by atoms with Crippen molar-refractivity contribution in [3.63, 3.8) is 0 Å². The molecular formula is C13H16BrF3N2O. The van der Waals surface area contributed by atoms with Gasteiger partial charge in [-0.25, -0.2) is 0 Å². The van der Waals surface area contributed by atoms with E-state index in [1.54, 1.807) is 0 Å². The van der Waals surface area contributed by atoms with Crippen LogP contribution in [0.15, 0.2) is 22.7 Å². The van der Waals surface area contributed by atoms with Crippen LogP contribution in [0.25, 0.3) is 0 Å². The second-order valence-electron chi connectivity index (χ2n) is 4.39. The third-order valence-electron chi connectivity index (χ3n) is 2.79. The molecule has 0 saturated carbocycles. The van der Waals surface area contributed by atoms with E-state index >= 15 is 0 Å². The first-order valence-electron chi connectivity index (χ1n) is 6.17. The molecule has 0 radical (unpaired) electrons. The highest BCUT2D eigenvalue weighted by atomic mass is 79.9. The smallest absolute Gasteiger partial charge is 0.348 e. The van der Waals surface area contributed by atoms with E-state index in [4.69, 9.17) is 5.73 Å². The number of hydrogen-bond donors (Lipinski definition) is 2. The minimum absolute atomic E-state index is 0.0323. The highest BCUT2D eigenvalue weighted by molar-refractivity contribution is 9.10. The quantitative estimate of drug-likeness (QED) is 0.853. The molecule has 0 aliphatic heterocycles. The lowest BCUT2D eigenvalue weighted by molar-refractivity contribution is -0.138. The first-order chi connectivity index (χ1) is 9.29. The van der Waals surface area contributed by atoms with Gasteiger partial charge in [0.2, 0.25) is 0 Å². The summed E-state index contributed by atoms with van der Waals surface area (Å²) in [5, 5.41) is 2.64. The van der Waals surface area contributed by atoms with Crippen LogP contribution in [0.2, 0.25) is 0 Å². The van der Waals surface area contributed by atoms with Crippen LogP contribution in [-0.2, 0) is 6.18 Å². The Labute approximate surface area is 123 Å². The lowest BCUT2D eigenvalue weighted by Gasteiger charge is -2.17. The average molecular weight is 353 g/mol. The summed E-state index contributed by atoms with van der Waals surface area (Å²) in [5.41, 5.74) is 4.60. The molecule has 112 valence electrons. The van der Waals surface area contributed by atoms with Crippen molar-refractivity contribution in [2.24, 2.45) is 5.73 Å². The van der Waals surface area contributed by atoms with E-state index in [1.807, 2.05) is 6.92 Å². The molecule has 0 saturated heterocycles. The monoisotopic (exact) mass is 352 g/mol. The Hall–Kier alpha value is -1.08. The number of hydrogen-bond acceptors (Lipinski definition) is 2. The van der Waals surface area contributed by atoms with Crippen LogP contribution in [0, 0.1) is 0 Å². The second kappa shape index (κ2) is 7.08. The Morgan fingerprint density at radius 3 is 2.60 bits per heavy atom. The Morgan fingerprint density at radius 2 is 2.10 bits per heavy atom. The number of carbonyl (C=O) groups excluding carboxylic acids is 1. The van der Waals surface area contributed by atoms with Crippen molar-refractivity contribution in [3.05, 3.63) is 33.8 Å². The number of benzene rings is 1. The van der Waals surface area contributed by atoms with Crippen LogP contribution < -0.4 is 11.1 Å². The van der Waals surface area contributed by atoms with Crippen molar-refractivity contribution in [2.75, 3.05) is 6.54 Å². The molecule has 0 aromatic heterocycles. The van der Waals surface area contributed by atoms with Gasteiger partial charge in [0.15, 0.2) is 0 Å². The Morgan fingerprint density at radius 1 is 1.45 bits per heavy atom. The maximum Gasteiger partial charge on any atom is 0.417 e. The summed E-state index contributed by atoms with van der Waals surface area (Å²) in [7, 11) is 0. The average Bonchev–Trinajstić information content (AvgIpc) is 2.37. The van der Waals surface area contributed by atoms with Crippen LogP contribution in [0.5, 0.6) is 0 Å². The third-order valence-corrected chi connectivity index (χ3v) is 3.48. The second-order valence-corrected chi connectivity index (χ2v) is 5.24. The molecule has 7 heteroatoms.